The van der Waals surface area contributed by atoms with E-state index in [1.165, 1.54) is 6.07 Å². The van der Waals surface area contributed by atoms with Crippen molar-refractivity contribution in [2.75, 3.05) is 44.2 Å². The molecule has 0 radical (unpaired) electrons. The molecular formula is C24H28N4O4. The van der Waals surface area contributed by atoms with Crippen LogP contribution in [0.3, 0.4) is 0 Å². The van der Waals surface area contributed by atoms with E-state index in [0.717, 1.165) is 24.1 Å². The summed E-state index contributed by atoms with van der Waals surface area (Å²) in [6.45, 7) is 3.62. The second kappa shape index (κ2) is 9.80. The number of rotatable bonds is 5. The first-order valence-electron chi connectivity index (χ1n) is 11.1. The fourth-order valence-electron chi connectivity index (χ4n) is 4.53. The van der Waals surface area contributed by atoms with Crippen LogP contribution in [0.1, 0.15) is 18.4 Å². The minimum atomic E-state index is -0.392. The molecule has 2 aliphatic heterocycles. The number of piperazine rings is 1. The minimum absolute atomic E-state index is 0.0727. The Hall–Kier alpha value is -3.42. The number of amides is 2. The van der Waals surface area contributed by atoms with Crippen molar-refractivity contribution in [2.24, 2.45) is 5.92 Å². The van der Waals surface area contributed by atoms with Gasteiger partial charge in [-0.25, -0.2) is 0 Å². The van der Waals surface area contributed by atoms with E-state index in [1.54, 1.807) is 12.1 Å². The van der Waals surface area contributed by atoms with E-state index < -0.39 is 4.92 Å². The van der Waals surface area contributed by atoms with Gasteiger partial charge in [0.1, 0.15) is 0 Å². The molecule has 0 bridgehead atoms. The Kier molecular flexibility index (Phi) is 6.68. The molecule has 4 rings (SSSR count). The summed E-state index contributed by atoms with van der Waals surface area (Å²) in [5, 5.41) is 11.0. The highest BCUT2D eigenvalue weighted by Gasteiger charge is 2.32. The standard InChI is InChI=1S/C24H28N4O4/c29-23(16-19-6-2-1-3-7-19)27-11-5-8-20(18-27)24(30)26-14-12-25(13-15-26)21-9-4-10-22(17-21)28(31)32/h1-4,6-7,9-10,17,20H,5,8,11-16,18H2. The van der Waals surface area contributed by atoms with Gasteiger partial charge in [0, 0.05) is 57.1 Å². The number of piperidine rings is 1. The van der Waals surface area contributed by atoms with Crippen LogP contribution in [0.2, 0.25) is 0 Å². The number of likely N-dealkylation sites (tertiary alicyclic amines) is 1. The fourth-order valence-corrected chi connectivity index (χ4v) is 4.53. The number of nitrogens with zero attached hydrogens (tertiary/aromatic N) is 4. The summed E-state index contributed by atoms with van der Waals surface area (Å²) in [7, 11) is 0. The number of carbonyl (C=O) groups excluding carboxylic acids is 2. The van der Waals surface area contributed by atoms with E-state index in [1.807, 2.05) is 46.2 Å². The van der Waals surface area contributed by atoms with E-state index in [-0.39, 0.29) is 23.4 Å². The van der Waals surface area contributed by atoms with Crippen LogP contribution in [-0.2, 0) is 16.0 Å². The van der Waals surface area contributed by atoms with Gasteiger partial charge in [-0.1, -0.05) is 36.4 Å². The largest absolute Gasteiger partial charge is 0.368 e. The fraction of sp³-hybridized carbons (Fsp3) is 0.417. The number of hydrogen-bond donors (Lipinski definition) is 0. The van der Waals surface area contributed by atoms with E-state index in [9.17, 15) is 19.7 Å². The zero-order valence-corrected chi connectivity index (χ0v) is 18.1. The van der Waals surface area contributed by atoms with Gasteiger partial charge in [0.05, 0.1) is 17.3 Å². The smallest absolute Gasteiger partial charge is 0.271 e. The van der Waals surface area contributed by atoms with Crippen LogP contribution < -0.4 is 4.90 Å². The van der Waals surface area contributed by atoms with Crippen LogP contribution in [0.5, 0.6) is 0 Å². The molecule has 8 nitrogen and oxygen atoms in total. The van der Waals surface area contributed by atoms with Crippen LogP contribution in [-0.4, -0.2) is 65.8 Å². The third-order valence-electron chi connectivity index (χ3n) is 6.32. The molecular weight excluding hydrogens is 408 g/mol. The number of carbonyl (C=O) groups is 2. The molecule has 2 aliphatic rings. The minimum Gasteiger partial charge on any atom is -0.368 e. The summed E-state index contributed by atoms with van der Waals surface area (Å²) < 4.78 is 0. The van der Waals surface area contributed by atoms with E-state index in [0.29, 0.717) is 45.7 Å². The number of hydrogen-bond acceptors (Lipinski definition) is 5. The first kappa shape index (κ1) is 21.8. The topological polar surface area (TPSA) is 87.0 Å². The van der Waals surface area contributed by atoms with Crippen molar-refractivity contribution >= 4 is 23.2 Å². The number of anilines is 1. The van der Waals surface area contributed by atoms with Crippen molar-refractivity contribution in [2.45, 2.75) is 19.3 Å². The number of nitro groups is 1. The number of benzene rings is 2. The van der Waals surface area contributed by atoms with Gasteiger partial charge in [-0.2, -0.15) is 0 Å². The number of nitro benzene ring substituents is 1. The monoisotopic (exact) mass is 436 g/mol. The molecule has 0 saturated carbocycles. The Bertz CT molecular complexity index is 973. The molecule has 1 atom stereocenters. The molecule has 8 heteroatoms. The Morgan fingerprint density at radius 2 is 1.69 bits per heavy atom. The van der Waals surface area contributed by atoms with Crippen molar-refractivity contribution in [1.29, 1.82) is 0 Å². The Morgan fingerprint density at radius 3 is 2.41 bits per heavy atom. The normalized spacial score (nSPS) is 19.0. The molecule has 168 valence electrons. The third-order valence-corrected chi connectivity index (χ3v) is 6.32. The molecule has 0 aromatic heterocycles. The molecule has 32 heavy (non-hydrogen) atoms. The van der Waals surface area contributed by atoms with Crippen molar-refractivity contribution in [3.8, 4) is 0 Å². The molecule has 0 aliphatic carbocycles. The average Bonchev–Trinajstić information content (AvgIpc) is 2.84. The third kappa shape index (κ3) is 5.07. The highest BCUT2D eigenvalue weighted by molar-refractivity contribution is 5.82. The predicted molar refractivity (Wildman–Crippen MR) is 121 cm³/mol. The van der Waals surface area contributed by atoms with Crippen molar-refractivity contribution in [3.63, 3.8) is 0 Å². The van der Waals surface area contributed by atoms with Crippen LogP contribution >= 0.6 is 0 Å². The summed E-state index contributed by atoms with van der Waals surface area (Å²) in [5.41, 5.74) is 1.87. The van der Waals surface area contributed by atoms with Gasteiger partial charge in [0.25, 0.3) is 5.69 Å². The van der Waals surface area contributed by atoms with Gasteiger partial charge < -0.3 is 14.7 Å². The summed E-state index contributed by atoms with van der Waals surface area (Å²) in [5.74, 6) is 0.0259. The highest BCUT2D eigenvalue weighted by atomic mass is 16.6. The van der Waals surface area contributed by atoms with E-state index >= 15 is 0 Å². The molecule has 1 unspecified atom stereocenters. The highest BCUT2D eigenvalue weighted by Crippen LogP contribution is 2.24. The van der Waals surface area contributed by atoms with Gasteiger partial charge >= 0.3 is 0 Å². The summed E-state index contributed by atoms with van der Waals surface area (Å²) in [4.78, 5) is 42.3. The van der Waals surface area contributed by atoms with Crippen LogP contribution in [0, 0.1) is 16.0 Å². The second-order valence-corrected chi connectivity index (χ2v) is 8.43. The molecule has 0 N–H and O–H groups in total. The maximum atomic E-state index is 13.1. The van der Waals surface area contributed by atoms with Crippen molar-refractivity contribution < 1.29 is 14.5 Å². The molecule has 2 fully saturated rings. The summed E-state index contributed by atoms with van der Waals surface area (Å²) >= 11 is 0. The lowest BCUT2D eigenvalue weighted by Gasteiger charge is -2.39. The SMILES string of the molecule is O=C(Cc1ccccc1)N1CCCC(C(=O)N2CCN(c3cccc([N+](=O)[O-])c3)CC2)C1. The molecule has 2 saturated heterocycles. The lowest BCUT2D eigenvalue weighted by Crippen LogP contribution is -2.53. The van der Waals surface area contributed by atoms with Gasteiger partial charge in [-0.05, 0) is 24.5 Å². The zero-order chi connectivity index (χ0) is 22.5. The van der Waals surface area contributed by atoms with Crippen molar-refractivity contribution in [3.05, 3.63) is 70.3 Å². The quantitative estimate of drug-likeness (QED) is 0.531. The van der Waals surface area contributed by atoms with E-state index in [2.05, 4.69) is 4.90 Å². The van der Waals surface area contributed by atoms with Gasteiger partial charge in [-0.3, -0.25) is 19.7 Å². The maximum absolute atomic E-state index is 13.1. The Morgan fingerprint density at radius 1 is 0.938 bits per heavy atom. The summed E-state index contributed by atoms with van der Waals surface area (Å²) in [6.07, 6.45) is 2.01. The summed E-state index contributed by atoms with van der Waals surface area (Å²) in [6, 6.07) is 16.3. The first-order valence-corrected chi connectivity index (χ1v) is 11.1. The Labute approximate surface area is 187 Å². The maximum Gasteiger partial charge on any atom is 0.271 e. The molecule has 0 spiro atoms. The van der Waals surface area contributed by atoms with Crippen LogP contribution in [0.25, 0.3) is 0 Å². The molecule has 2 aromatic carbocycles. The van der Waals surface area contributed by atoms with Gasteiger partial charge in [-0.15, -0.1) is 0 Å². The van der Waals surface area contributed by atoms with E-state index in [4.69, 9.17) is 0 Å². The zero-order valence-electron chi connectivity index (χ0n) is 18.1. The van der Waals surface area contributed by atoms with Gasteiger partial charge in [0.15, 0.2) is 0 Å². The second-order valence-electron chi connectivity index (χ2n) is 8.43. The molecule has 2 amide bonds. The average molecular weight is 437 g/mol. The first-order chi connectivity index (χ1) is 15.5. The lowest BCUT2D eigenvalue weighted by molar-refractivity contribution is -0.384. The lowest BCUT2D eigenvalue weighted by atomic mass is 9.95. The van der Waals surface area contributed by atoms with Crippen LogP contribution in [0.15, 0.2) is 54.6 Å². The van der Waals surface area contributed by atoms with Gasteiger partial charge in [0.2, 0.25) is 11.8 Å². The van der Waals surface area contributed by atoms with Crippen LogP contribution in [0.4, 0.5) is 11.4 Å². The molecule has 2 heterocycles. The van der Waals surface area contributed by atoms with Crippen molar-refractivity contribution in [1.82, 2.24) is 9.80 Å². The predicted octanol–water partition coefficient (Wildman–Crippen LogP) is 2.72. The Balaban J connectivity index is 1.31. The molecule has 2 aromatic rings. The number of non-ortho nitro benzene ring substituents is 1.